The quantitative estimate of drug-likeness (QED) is 0.682. The molecule has 1 aliphatic carbocycles. The van der Waals surface area contributed by atoms with Crippen LogP contribution in [-0.4, -0.2) is 30.6 Å². The molecule has 14 heavy (non-hydrogen) atoms. The van der Waals surface area contributed by atoms with Crippen LogP contribution >= 0.6 is 0 Å². The summed E-state index contributed by atoms with van der Waals surface area (Å²) in [6.07, 6.45) is 0.865. The smallest absolute Gasteiger partial charge is 0.323 e. The fourth-order valence-corrected chi connectivity index (χ4v) is 2.05. The lowest BCUT2D eigenvalue weighted by Crippen LogP contribution is -2.43. The highest BCUT2D eigenvalue weighted by Gasteiger charge is 2.70. The highest BCUT2D eigenvalue weighted by Crippen LogP contribution is 2.53. The SMILES string of the molecule is CCOC(=O)[C@H]1CC[C@@H]2[C@H](N1)C2(F)F. The molecule has 5 heteroatoms. The van der Waals surface area contributed by atoms with Gasteiger partial charge in [-0.15, -0.1) is 0 Å². The average molecular weight is 205 g/mol. The van der Waals surface area contributed by atoms with Crippen molar-refractivity contribution in [1.82, 2.24) is 5.32 Å². The van der Waals surface area contributed by atoms with Crippen LogP contribution < -0.4 is 5.32 Å². The van der Waals surface area contributed by atoms with Gasteiger partial charge in [-0.05, 0) is 19.8 Å². The Kier molecular flexibility index (Phi) is 2.21. The molecule has 1 heterocycles. The fourth-order valence-electron chi connectivity index (χ4n) is 2.05. The van der Waals surface area contributed by atoms with Gasteiger partial charge in [-0.1, -0.05) is 0 Å². The van der Waals surface area contributed by atoms with Gasteiger partial charge >= 0.3 is 5.97 Å². The van der Waals surface area contributed by atoms with Crippen molar-refractivity contribution in [2.45, 2.75) is 37.8 Å². The topological polar surface area (TPSA) is 38.3 Å². The second-order valence-electron chi connectivity index (χ2n) is 3.81. The van der Waals surface area contributed by atoms with Crippen LogP contribution in [0.2, 0.25) is 0 Å². The molecule has 0 aromatic carbocycles. The lowest BCUT2D eigenvalue weighted by Gasteiger charge is -2.19. The highest BCUT2D eigenvalue weighted by atomic mass is 19.3. The van der Waals surface area contributed by atoms with Gasteiger partial charge in [0, 0.05) is 5.92 Å². The van der Waals surface area contributed by atoms with Gasteiger partial charge in [-0.3, -0.25) is 10.1 Å². The van der Waals surface area contributed by atoms with Crippen molar-refractivity contribution in [3.05, 3.63) is 0 Å². The zero-order valence-electron chi connectivity index (χ0n) is 7.93. The number of alkyl halides is 2. The van der Waals surface area contributed by atoms with E-state index in [4.69, 9.17) is 4.74 Å². The van der Waals surface area contributed by atoms with Crippen LogP contribution in [0.3, 0.4) is 0 Å². The summed E-state index contributed by atoms with van der Waals surface area (Å²) >= 11 is 0. The van der Waals surface area contributed by atoms with E-state index in [9.17, 15) is 13.6 Å². The standard InChI is InChI=1S/C9H13F2NO2/c1-2-14-8(13)6-4-3-5-7(12-6)9(5,10)11/h5-7,12H,2-4H2,1H3/t5-,6-,7+/m1/s1. The zero-order valence-corrected chi connectivity index (χ0v) is 7.93. The Bertz CT molecular complexity index is 257. The van der Waals surface area contributed by atoms with Crippen LogP contribution in [0.25, 0.3) is 0 Å². The number of hydrogen-bond acceptors (Lipinski definition) is 3. The average Bonchev–Trinajstić information content (AvgIpc) is 2.70. The maximum absolute atomic E-state index is 12.9. The molecule has 0 bridgehead atoms. The third-order valence-corrected chi connectivity index (χ3v) is 2.92. The molecule has 1 saturated heterocycles. The van der Waals surface area contributed by atoms with E-state index < -0.39 is 29.9 Å². The minimum absolute atomic E-state index is 0.293. The van der Waals surface area contributed by atoms with Crippen molar-refractivity contribution in [3.63, 3.8) is 0 Å². The molecule has 0 aromatic rings. The van der Waals surface area contributed by atoms with E-state index in [2.05, 4.69) is 5.32 Å². The number of nitrogens with one attached hydrogen (secondary N) is 1. The number of piperidine rings is 1. The molecule has 1 N–H and O–H groups in total. The molecular weight excluding hydrogens is 192 g/mol. The summed E-state index contributed by atoms with van der Waals surface area (Å²) in [7, 11) is 0. The van der Waals surface area contributed by atoms with Gasteiger partial charge in [0.15, 0.2) is 0 Å². The molecule has 0 radical (unpaired) electrons. The van der Waals surface area contributed by atoms with Crippen molar-refractivity contribution in [3.8, 4) is 0 Å². The van der Waals surface area contributed by atoms with Gasteiger partial charge in [-0.2, -0.15) is 0 Å². The van der Waals surface area contributed by atoms with Crippen molar-refractivity contribution >= 4 is 5.97 Å². The van der Waals surface area contributed by atoms with Crippen molar-refractivity contribution in [1.29, 1.82) is 0 Å². The predicted octanol–water partition coefficient (Wildman–Crippen LogP) is 0.935. The first-order valence-corrected chi connectivity index (χ1v) is 4.88. The fraction of sp³-hybridized carbons (Fsp3) is 0.889. The van der Waals surface area contributed by atoms with E-state index in [1.54, 1.807) is 6.92 Å². The summed E-state index contributed by atoms with van der Waals surface area (Å²) in [6.45, 7) is 2.00. The Hall–Kier alpha value is -0.710. The second-order valence-corrected chi connectivity index (χ2v) is 3.81. The van der Waals surface area contributed by atoms with Crippen LogP contribution in [0.15, 0.2) is 0 Å². The van der Waals surface area contributed by atoms with Gasteiger partial charge in [0.1, 0.15) is 6.04 Å². The Morgan fingerprint density at radius 2 is 2.29 bits per heavy atom. The molecule has 80 valence electrons. The van der Waals surface area contributed by atoms with E-state index in [0.717, 1.165) is 0 Å². The summed E-state index contributed by atoms with van der Waals surface area (Å²) in [4.78, 5) is 11.2. The Morgan fingerprint density at radius 1 is 1.57 bits per heavy atom. The third-order valence-electron chi connectivity index (χ3n) is 2.92. The zero-order chi connectivity index (χ0) is 10.3. The monoisotopic (exact) mass is 205 g/mol. The highest BCUT2D eigenvalue weighted by molar-refractivity contribution is 5.76. The van der Waals surface area contributed by atoms with Crippen molar-refractivity contribution in [2.75, 3.05) is 6.61 Å². The van der Waals surface area contributed by atoms with Crippen LogP contribution in [-0.2, 0) is 9.53 Å². The number of carbonyl (C=O) groups excluding carboxylic acids is 1. The van der Waals surface area contributed by atoms with Crippen LogP contribution in [0.4, 0.5) is 8.78 Å². The molecule has 0 spiro atoms. The van der Waals surface area contributed by atoms with Gasteiger partial charge in [0.25, 0.3) is 5.92 Å². The van der Waals surface area contributed by atoms with Crippen molar-refractivity contribution < 1.29 is 18.3 Å². The van der Waals surface area contributed by atoms with E-state index in [1.165, 1.54) is 0 Å². The number of carbonyl (C=O) groups is 1. The third kappa shape index (κ3) is 1.39. The second kappa shape index (κ2) is 3.15. The molecule has 1 aliphatic heterocycles. The lowest BCUT2D eigenvalue weighted by atomic mass is 10.1. The lowest BCUT2D eigenvalue weighted by molar-refractivity contribution is -0.146. The first-order valence-electron chi connectivity index (χ1n) is 4.88. The summed E-state index contributed by atoms with van der Waals surface area (Å²) in [5.74, 6) is -3.58. The Morgan fingerprint density at radius 3 is 2.86 bits per heavy atom. The molecule has 2 rings (SSSR count). The predicted molar refractivity (Wildman–Crippen MR) is 45.0 cm³/mol. The maximum Gasteiger partial charge on any atom is 0.323 e. The van der Waals surface area contributed by atoms with E-state index in [1.807, 2.05) is 0 Å². The molecule has 1 saturated carbocycles. The number of rotatable bonds is 2. The van der Waals surface area contributed by atoms with Crippen LogP contribution in [0.5, 0.6) is 0 Å². The molecule has 3 nitrogen and oxygen atoms in total. The molecule has 2 fully saturated rings. The van der Waals surface area contributed by atoms with Crippen LogP contribution in [0.1, 0.15) is 19.8 Å². The van der Waals surface area contributed by atoms with Gasteiger partial charge in [-0.25, -0.2) is 8.78 Å². The van der Waals surface area contributed by atoms with Gasteiger partial charge in [0.2, 0.25) is 0 Å². The summed E-state index contributed by atoms with van der Waals surface area (Å²) < 4.78 is 30.6. The van der Waals surface area contributed by atoms with Gasteiger partial charge < -0.3 is 4.74 Å². The van der Waals surface area contributed by atoms with E-state index >= 15 is 0 Å². The summed E-state index contributed by atoms with van der Waals surface area (Å²) in [5.41, 5.74) is 0. The molecular formula is C9H13F2NO2. The maximum atomic E-state index is 12.9. The molecule has 0 unspecified atom stereocenters. The molecule has 0 aromatic heterocycles. The number of esters is 1. The number of hydrogen-bond donors (Lipinski definition) is 1. The number of fused-ring (bicyclic) bond motifs is 1. The molecule has 3 atom stereocenters. The normalized spacial score (nSPS) is 38.6. The largest absolute Gasteiger partial charge is 0.465 e. The summed E-state index contributed by atoms with van der Waals surface area (Å²) in [6, 6.07) is -1.34. The van der Waals surface area contributed by atoms with E-state index in [0.29, 0.717) is 19.4 Å². The summed E-state index contributed by atoms with van der Waals surface area (Å²) in [5, 5.41) is 2.64. The molecule has 0 amide bonds. The first-order chi connectivity index (χ1) is 6.57. The van der Waals surface area contributed by atoms with E-state index in [-0.39, 0.29) is 0 Å². The molecule has 2 aliphatic rings. The van der Waals surface area contributed by atoms with Crippen molar-refractivity contribution in [2.24, 2.45) is 5.92 Å². The number of halogens is 2. The minimum Gasteiger partial charge on any atom is -0.465 e. The Labute approximate surface area is 80.8 Å². The van der Waals surface area contributed by atoms with Crippen LogP contribution in [0, 0.1) is 5.92 Å². The van der Waals surface area contributed by atoms with Gasteiger partial charge in [0.05, 0.1) is 12.6 Å². The Balaban J connectivity index is 1.91. The number of ether oxygens (including phenoxy) is 1. The first kappa shape index (κ1) is 9.83. The minimum atomic E-state index is -2.61.